The molecule has 0 N–H and O–H groups in total. The zero-order chi connectivity index (χ0) is 21.9. The van der Waals surface area contributed by atoms with Crippen molar-refractivity contribution in [3.63, 3.8) is 0 Å². The van der Waals surface area contributed by atoms with E-state index in [-0.39, 0.29) is 30.7 Å². The Morgan fingerprint density at radius 1 is 1.23 bits per heavy atom. The van der Waals surface area contributed by atoms with Gasteiger partial charge in [-0.15, -0.1) is 0 Å². The Kier molecular flexibility index (Phi) is 6.68. The SMILES string of the molecule is CCOC(=O)c1cn(CCOS(C)(=O)=O)c2nc(N3CCN(C)CC3)ncc2c1=O. The fraction of sp³-hybridized carbons (Fsp3) is 0.556. The van der Waals surface area contributed by atoms with Gasteiger partial charge in [0, 0.05) is 45.1 Å². The lowest BCUT2D eigenvalue weighted by Crippen LogP contribution is -2.45. The van der Waals surface area contributed by atoms with Gasteiger partial charge in [0.2, 0.25) is 11.4 Å². The number of piperazine rings is 1. The summed E-state index contributed by atoms with van der Waals surface area (Å²) in [6.45, 7) is 4.85. The highest BCUT2D eigenvalue weighted by Gasteiger charge is 2.21. The molecule has 2 aromatic rings. The molecule has 0 aliphatic carbocycles. The molecule has 0 unspecified atom stereocenters. The van der Waals surface area contributed by atoms with Crippen molar-refractivity contribution in [2.24, 2.45) is 0 Å². The zero-order valence-corrected chi connectivity index (χ0v) is 18.0. The highest BCUT2D eigenvalue weighted by molar-refractivity contribution is 7.85. The first-order chi connectivity index (χ1) is 14.2. The van der Waals surface area contributed by atoms with Crippen molar-refractivity contribution >= 4 is 33.1 Å². The summed E-state index contributed by atoms with van der Waals surface area (Å²) in [6.07, 6.45) is 3.68. The molecular formula is C18H25N5O6S. The lowest BCUT2D eigenvalue weighted by molar-refractivity contribution is 0.0524. The molecule has 1 aliphatic heterocycles. The van der Waals surface area contributed by atoms with Crippen LogP contribution in [-0.2, 0) is 25.6 Å². The number of pyridine rings is 1. The van der Waals surface area contributed by atoms with Crippen LogP contribution in [0.2, 0.25) is 0 Å². The lowest BCUT2D eigenvalue weighted by Gasteiger charge is -2.32. The Hall–Kier alpha value is -2.57. The molecule has 1 aliphatic rings. The van der Waals surface area contributed by atoms with Gasteiger partial charge in [0.05, 0.1) is 24.9 Å². The molecule has 0 atom stereocenters. The maximum atomic E-state index is 12.8. The Balaban J connectivity index is 2.04. The third-order valence-electron chi connectivity index (χ3n) is 4.71. The Bertz CT molecular complexity index is 1090. The van der Waals surface area contributed by atoms with Crippen LogP contribution < -0.4 is 10.3 Å². The molecule has 1 saturated heterocycles. The zero-order valence-electron chi connectivity index (χ0n) is 17.2. The molecule has 1 fully saturated rings. The summed E-state index contributed by atoms with van der Waals surface area (Å²) in [5.74, 6) is -0.290. The first-order valence-corrected chi connectivity index (χ1v) is 11.4. The Labute approximate surface area is 174 Å². The van der Waals surface area contributed by atoms with E-state index in [1.807, 2.05) is 11.9 Å². The van der Waals surface area contributed by atoms with Crippen LogP contribution >= 0.6 is 0 Å². The molecule has 164 valence electrons. The van der Waals surface area contributed by atoms with Gasteiger partial charge >= 0.3 is 5.97 Å². The van der Waals surface area contributed by atoms with Gasteiger partial charge in [-0.05, 0) is 14.0 Å². The highest BCUT2D eigenvalue weighted by Crippen LogP contribution is 2.16. The van der Waals surface area contributed by atoms with Crippen molar-refractivity contribution < 1.29 is 22.1 Å². The average Bonchev–Trinajstić information content (AvgIpc) is 2.69. The first kappa shape index (κ1) is 22.1. The molecule has 0 spiro atoms. The molecule has 30 heavy (non-hydrogen) atoms. The van der Waals surface area contributed by atoms with Gasteiger partial charge in [-0.2, -0.15) is 13.4 Å². The monoisotopic (exact) mass is 439 g/mol. The summed E-state index contributed by atoms with van der Waals surface area (Å²) in [6, 6.07) is 0. The fourth-order valence-electron chi connectivity index (χ4n) is 3.13. The van der Waals surface area contributed by atoms with Crippen molar-refractivity contribution in [2.75, 3.05) is 57.6 Å². The Morgan fingerprint density at radius 2 is 1.93 bits per heavy atom. The van der Waals surface area contributed by atoms with Crippen LogP contribution in [0.15, 0.2) is 17.2 Å². The van der Waals surface area contributed by atoms with Crippen LogP contribution in [0.1, 0.15) is 17.3 Å². The number of esters is 1. The second-order valence-corrected chi connectivity index (χ2v) is 8.65. The van der Waals surface area contributed by atoms with Crippen molar-refractivity contribution in [1.82, 2.24) is 19.4 Å². The summed E-state index contributed by atoms with van der Waals surface area (Å²) < 4.78 is 33.9. The van der Waals surface area contributed by atoms with Crippen LogP contribution in [0.25, 0.3) is 11.0 Å². The summed E-state index contributed by atoms with van der Waals surface area (Å²) in [7, 11) is -1.60. The van der Waals surface area contributed by atoms with Crippen molar-refractivity contribution in [2.45, 2.75) is 13.5 Å². The molecule has 0 aromatic carbocycles. The Morgan fingerprint density at radius 3 is 2.57 bits per heavy atom. The van der Waals surface area contributed by atoms with E-state index in [4.69, 9.17) is 8.92 Å². The van der Waals surface area contributed by atoms with Gasteiger partial charge < -0.3 is 19.1 Å². The summed E-state index contributed by atoms with van der Waals surface area (Å²) >= 11 is 0. The maximum absolute atomic E-state index is 12.8. The summed E-state index contributed by atoms with van der Waals surface area (Å²) in [4.78, 5) is 38.1. The van der Waals surface area contributed by atoms with Crippen LogP contribution in [0.4, 0.5) is 5.95 Å². The summed E-state index contributed by atoms with van der Waals surface area (Å²) in [5.41, 5.74) is -0.401. The van der Waals surface area contributed by atoms with Gasteiger partial charge in [-0.25, -0.2) is 9.78 Å². The number of ether oxygens (including phenoxy) is 1. The average molecular weight is 439 g/mol. The third-order valence-corrected chi connectivity index (χ3v) is 5.31. The predicted molar refractivity (Wildman–Crippen MR) is 110 cm³/mol. The number of carbonyl (C=O) groups is 1. The van der Waals surface area contributed by atoms with Gasteiger partial charge in [-0.3, -0.25) is 8.98 Å². The van der Waals surface area contributed by atoms with Gasteiger partial charge in [0.15, 0.2) is 0 Å². The minimum Gasteiger partial charge on any atom is -0.462 e. The number of likely N-dealkylation sites (N-methyl/N-ethyl adjacent to an activating group) is 1. The third kappa shape index (κ3) is 5.12. The first-order valence-electron chi connectivity index (χ1n) is 9.55. The largest absolute Gasteiger partial charge is 0.462 e. The molecule has 3 heterocycles. The standard InChI is InChI=1S/C18H25N5O6S/c1-4-28-17(25)14-12-23(9-10-29-30(3,26)27)16-13(15(14)24)11-19-18(20-16)22-7-5-21(2)6-8-22/h11-12H,4-10H2,1-3H3. The minimum absolute atomic E-state index is 0.0649. The number of rotatable bonds is 7. The topological polar surface area (TPSA) is 124 Å². The van der Waals surface area contributed by atoms with E-state index >= 15 is 0 Å². The highest BCUT2D eigenvalue weighted by atomic mass is 32.2. The van der Waals surface area contributed by atoms with E-state index in [1.54, 1.807) is 6.92 Å². The van der Waals surface area contributed by atoms with Crippen molar-refractivity contribution in [3.05, 3.63) is 28.2 Å². The van der Waals surface area contributed by atoms with Crippen molar-refractivity contribution in [3.8, 4) is 0 Å². The second kappa shape index (κ2) is 9.06. The lowest BCUT2D eigenvalue weighted by atomic mass is 10.2. The quantitative estimate of drug-likeness (QED) is 0.419. The summed E-state index contributed by atoms with van der Waals surface area (Å²) in [5, 5.41) is 0.151. The number of nitrogens with zero attached hydrogens (tertiary/aromatic N) is 5. The maximum Gasteiger partial charge on any atom is 0.343 e. The van der Waals surface area contributed by atoms with Gasteiger partial charge in [-0.1, -0.05) is 0 Å². The van der Waals surface area contributed by atoms with E-state index in [0.717, 1.165) is 32.4 Å². The number of hydrogen-bond acceptors (Lipinski definition) is 10. The molecule has 12 heteroatoms. The van der Waals surface area contributed by atoms with E-state index < -0.39 is 21.5 Å². The van der Waals surface area contributed by atoms with E-state index in [1.165, 1.54) is 17.0 Å². The molecule has 3 rings (SSSR count). The number of aromatic nitrogens is 3. The van der Waals surface area contributed by atoms with E-state index in [9.17, 15) is 18.0 Å². The molecular weight excluding hydrogens is 414 g/mol. The van der Waals surface area contributed by atoms with Crippen LogP contribution in [0.5, 0.6) is 0 Å². The van der Waals surface area contributed by atoms with Crippen LogP contribution in [0, 0.1) is 0 Å². The number of anilines is 1. The molecule has 0 saturated carbocycles. The smallest absolute Gasteiger partial charge is 0.343 e. The second-order valence-electron chi connectivity index (χ2n) is 7.01. The van der Waals surface area contributed by atoms with Crippen LogP contribution in [-0.4, -0.2) is 86.5 Å². The van der Waals surface area contributed by atoms with E-state index in [0.29, 0.717) is 11.6 Å². The normalized spacial score (nSPS) is 15.5. The molecule has 0 bridgehead atoms. The number of hydrogen-bond donors (Lipinski definition) is 0. The molecule has 0 amide bonds. The number of carbonyl (C=O) groups excluding carboxylic acids is 1. The van der Waals surface area contributed by atoms with Crippen LogP contribution in [0.3, 0.4) is 0 Å². The molecule has 2 aromatic heterocycles. The number of fused-ring (bicyclic) bond motifs is 1. The van der Waals surface area contributed by atoms with E-state index in [2.05, 4.69) is 14.9 Å². The molecule has 11 nitrogen and oxygen atoms in total. The van der Waals surface area contributed by atoms with Gasteiger partial charge in [0.1, 0.15) is 11.2 Å². The van der Waals surface area contributed by atoms with Crippen molar-refractivity contribution in [1.29, 1.82) is 0 Å². The predicted octanol–water partition coefficient (Wildman–Crippen LogP) is -0.304. The fourth-order valence-corrected chi connectivity index (χ4v) is 3.51. The van der Waals surface area contributed by atoms with Gasteiger partial charge in [0.25, 0.3) is 10.1 Å². The molecule has 0 radical (unpaired) electrons. The minimum atomic E-state index is -3.63.